The summed E-state index contributed by atoms with van der Waals surface area (Å²) in [6.07, 6.45) is 3.85. The van der Waals surface area contributed by atoms with Gasteiger partial charge >= 0.3 is 0 Å². The molecule has 0 bridgehead atoms. The zero-order valence-electron chi connectivity index (χ0n) is 12.5. The molecule has 0 radical (unpaired) electrons. The predicted octanol–water partition coefficient (Wildman–Crippen LogP) is 3.00. The number of sulfonamides is 1. The maximum atomic E-state index is 13.6. The summed E-state index contributed by atoms with van der Waals surface area (Å²) in [4.78, 5) is -0.0123. The van der Waals surface area contributed by atoms with Gasteiger partial charge in [0.1, 0.15) is 5.82 Å². The Morgan fingerprint density at radius 2 is 1.95 bits per heavy atom. The van der Waals surface area contributed by atoms with Gasteiger partial charge < -0.3 is 5.73 Å². The summed E-state index contributed by atoms with van der Waals surface area (Å²) in [6.45, 7) is 4.43. The van der Waals surface area contributed by atoms with E-state index in [0.717, 1.165) is 31.7 Å². The van der Waals surface area contributed by atoms with Crippen molar-refractivity contribution in [2.24, 2.45) is 5.92 Å². The first kappa shape index (κ1) is 16.2. The van der Waals surface area contributed by atoms with Crippen LogP contribution >= 0.6 is 0 Å². The lowest BCUT2D eigenvalue weighted by molar-refractivity contribution is 0.292. The third kappa shape index (κ3) is 3.55. The zero-order chi connectivity index (χ0) is 15.6. The molecule has 4 nitrogen and oxygen atoms in total. The first-order valence-electron chi connectivity index (χ1n) is 7.39. The summed E-state index contributed by atoms with van der Waals surface area (Å²) in [6, 6.07) is 3.74. The maximum Gasteiger partial charge on any atom is 0.243 e. The lowest BCUT2D eigenvalue weighted by Crippen LogP contribution is -2.41. The Bertz CT molecular complexity index is 596. The number of benzene rings is 1. The number of rotatable bonds is 5. The fourth-order valence-corrected chi connectivity index (χ4v) is 4.66. The van der Waals surface area contributed by atoms with Gasteiger partial charge in [-0.3, -0.25) is 0 Å². The topological polar surface area (TPSA) is 63.4 Å². The molecular formula is C15H23FN2O2S. The standard InChI is InChI=1S/C15H23FN2O2S/c1-11(2)10-18(12-5-3-4-6-12)21(19,20)13-7-8-15(17)14(16)9-13/h7-9,11-12H,3-6,10,17H2,1-2H3. The summed E-state index contributed by atoms with van der Waals surface area (Å²) >= 11 is 0. The molecule has 21 heavy (non-hydrogen) atoms. The Labute approximate surface area is 126 Å². The van der Waals surface area contributed by atoms with Crippen LogP contribution in [0.25, 0.3) is 0 Å². The number of halogens is 1. The number of nitrogen functional groups attached to an aromatic ring is 1. The lowest BCUT2D eigenvalue weighted by Gasteiger charge is -2.29. The van der Waals surface area contributed by atoms with E-state index in [2.05, 4.69) is 0 Å². The first-order valence-corrected chi connectivity index (χ1v) is 8.83. The quantitative estimate of drug-likeness (QED) is 0.850. The van der Waals surface area contributed by atoms with Crippen molar-refractivity contribution in [3.8, 4) is 0 Å². The molecule has 0 spiro atoms. The summed E-state index contributed by atoms with van der Waals surface area (Å²) in [5.74, 6) is -0.467. The number of nitrogens with zero attached hydrogens (tertiary/aromatic N) is 1. The Morgan fingerprint density at radius 3 is 2.48 bits per heavy atom. The lowest BCUT2D eigenvalue weighted by atomic mass is 10.2. The molecule has 1 aromatic carbocycles. The molecule has 1 aromatic rings. The molecule has 0 aliphatic heterocycles. The van der Waals surface area contributed by atoms with Gasteiger partial charge in [0.25, 0.3) is 0 Å². The van der Waals surface area contributed by atoms with Crippen molar-refractivity contribution in [3.05, 3.63) is 24.0 Å². The van der Waals surface area contributed by atoms with E-state index in [-0.39, 0.29) is 22.5 Å². The average molecular weight is 314 g/mol. The molecule has 0 aromatic heterocycles. The number of hydrogen-bond acceptors (Lipinski definition) is 3. The minimum atomic E-state index is -3.68. The van der Waals surface area contributed by atoms with E-state index in [9.17, 15) is 12.8 Å². The molecule has 6 heteroatoms. The van der Waals surface area contributed by atoms with E-state index in [1.807, 2.05) is 13.8 Å². The number of hydrogen-bond donors (Lipinski definition) is 1. The minimum absolute atomic E-state index is 0.0123. The molecule has 1 aliphatic rings. The van der Waals surface area contributed by atoms with E-state index in [1.165, 1.54) is 12.1 Å². The molecule has 1 saturated carbocycles. The smallest absolute Gasteiger partial charge is 0.243 e. The van der Waals surface area contributed by atoms with Gasteiger partial charge in [-0.05, 0) is 37.0 Å². The van der Waals surface area contributed by atoms with Crippen molar-refractivity contribution < 1.29 is 12.8 Å². The third-order valence-electron chi connectivity index (χ3n) is 3.86. The molecule has 118 valence electrons. The van der Waals surface area contributed by atoms with Crippen LogP contribution in [-0.2, 0) is 10.0 Å². The van der Waals surface area contributed by atoms with Crippen LogP contribution in [0.3, 0.4) is 0 Å². The second-order valence-corrected chi connectivity index (χ2v) is 7.98. The van der Waals surface area contributed by atoms with E-state index in [4.69, 9.17) is 5.73 Å². The van der Waals surface area contributed by atoms with Gasteiger partial charge in [-0.25, -0.2) is 12.8 Å². The fourth-order valence-electron chi connectivity index (χ4n) is 2.80. The predicted molar refractivity (Wildman–Crippen MR) is 81.8 cm³/mol. The Morgan fingerprint density at radius 1 is 1.33 bits per heavy atom. The highest BCUT2D eigenvalue weighted by Gasteiger charge is 2.33. The molecule has 0 unspecified atom stereocenters. The van der Waals surface area contributed by atoms with Crippen LogP contribution in [0.5, 0.6) is 0 Å². The summed E-state index contributed by atoms with van der Waals surface area (Å²) in [5, 5.41) is 0. The van der Waals surface area contributed by atoms with E-state index >= 15 is 0 Å². The highest BCUT2D eigenvalue weighted by molar-refractivity contribution is 7.89. The van der Waals surface area contributed by atoms with Gasteiger partial charge in [0.05, 0.1) is 10.6 Å². The molecule has 1 aliphatic carbocycles. The summed E-state index contributed by atoms with van der Waals surface area (Å²) in [5.41, 5.74) is 5.39. The minimum Gasteiger partial charge on any atom is -0.396 e. The third-order valence-corrected chi connectivity index (χ3v) is 5.77. The molecule has 2 N–H and O–H groups in total. The second kappa shape index (κ2) is 6.32. The van der Waals surface area contributed by atoms with Crippen LogP contribution in [-0.4, -0.2) is 25.3 Å². The van der Waals surface area contributed by atoms with Crippen molar-refractivity contribution in [2.75, 3.05) is 12.3 Å². The van der Waals surface area contributed by atoms with Gasteiger partial charge in [0, 0.05) is 12.6 Å². The largest absolute Gasteiger partial charge is 0.396 e. The molecule has 0 amide bonds. The SMILES string of the molecule is CC(C)CN(C1CCCC1)S(=O)(=O)c1ccc(N)c(F)c1. The maximum absolute atomic E-state index is 13.6. The normalized spacial score (nSPS) is 17.0. The van der Waals surface area contributed by atoms with Gasteiger partial charge in [0.2, 0.25) is 10.0 Å². The van der Waals surface area contributed by atoms with Crippen LogP contribution in [0.4, 0.5) is 10.1 Å². The zero-order valence-corrected chi connectivity index (χ0v) is 13.4. The summed E-state index contributed by atoms with van der Waals surface area (Å²) < 4.78 is 40.8. The van der Waals surface area contributed by atoms with E-state index < -0.39 is 15.8 Å². The second-order valence-electron chi connectivity index (χ2n) is 6.09. The Hall–Kier alpha value is -1.14. The average Bonchev–Trinajstić information content (AvgIpc) is 2.92. The van der Waals surface area contributed by atoms with Gasteiger partial charge in [-0.15, -0.1) is 0 Å². The van der Waals surface area contributed by atoms with Crippen LogP contribution in [0.1, 0.15) is 39.5 Å². The van der Waals surface area contributed by atoms with Crippen LogP contribution in [0, 0.1) is 11.7 Å². The molecular weight excluding hydrogens is 291 g/mol. The first-order chi connectivity index (χ1) is 9.82. The van der Waals surface area contributed by atoms with Crippen LogP contribution in [0.15, 0.2) is 23.1 Å². The molecule has 0 atom stereocenters. The fraction of sp³-hybridized carbons (Fsp3) is 0.600. The van der Waals surface area contributed by atoms with E-state index in [0.29, 0.717) is 6.54 Å². The van der Waals surface area contributed by atoms with Crippen molar-refractivity contribution in [1.82, 2.24) is 4.31 Å². The Kier molecular flexibility index (Phi) is 4.88. The molecule has 2 rings (SSSR count). The Balaban J connectivity index is 2.38. The van der Waals surface area contributed by atoms with Crippen molar-refractivity contribution in [3.63, 3.8) is 0 Å². The molecule has 1 fully saturated rings. The highest BCUT2D eigenvalue weighted by atomic mass is 32.2. The monoisotopic (exact) mass is 314 g/mol. The van der Waals surface area contributed by atoms with Gasteiger partial charge in [-0.1, -0.05) is 26.7 Å². The molecule has 0 saturated heterocycles. The van der Waals surface area contributed by atoms with Crippen molar-refractivity contribution >= 4 is 15.7 Å². The summed E-state index contributed by atoms with van der Waals surface area (Å²) in [7, 11) is -3.68. The van der Waals surface area contributed by atoms with Gasteiger partial charge in [-0.2, -0.15) is 4.31 Å². The van der Waals surface area contributed by atoms with Crippen molar-refractivity contribution in [2.45, 2.75) is 50.5 Å². The van der Waals surface area contributed by atoms with E-state index in [1.54, 1.807) is 4.31 Å². The highest BCUT2D eigenvalue weighted by Crippen LogP contribution is 2.30. The number of anilines is 1. The molecule has 0 heterocycles. The number of nitrogens with two attached hydrogens (primary N) is 1. The van der Waals surface area contributed by atoms with Crippen LogP contribution in [0.2, 0.25) is 0 Å². The van der Waals surface area contributed by atoms with Crippen LogP contribution < -0.4 is 5.73 Å². The van der Waals surface area contributed by atoms with Crippen molar-refractivity contribution in [1.29, 1.82) is 0 Å². The van der Waals surface area contributed by atoms with Gasteiger partial charge in [0.15, 0.2) is 0 Å².